The Morgan fingerprint density at radius 3 is 2.57 bits per heavy atom. The number of amides is 1. The number of likely N-dealkylation sites (N-methyl/N-ethyl adjacent to an activating group) is 1. The van der Waals surface area contributed by atoms with Crippen LogP contribution in [-0.2, 0) is 16.9 Å². The first-order valence-corrected chi connectivity index (χ1v) is 12.6. The molecule has 3 aromatic carbocycles. The number of halogens is 2. The van der Waals surface area contributed by atoms with Gasteiger partial charge in [-0.15, -0.1) is 0 Å². The standard InChI is InChI=1S/C27H25Cl2N3O5/c1-3-36-23-13-17(12-21(29)24(23)37-15-16-8-10-18(28)11-9-16)19-14-31(2)27(25(19)32(34)35)20-6-4-5-7-22(20)30-26(27)33/h4-13,19,25H,3,14-15H2,1-2H3,(H,30,33)/t19-,25-,27-/m0/s1. The molecule has 2 heterocycles. The second-order valence-corrected chi connectivity index (χ2v) is 10.0. The fraction of sp³-hybridized carbons (Fsp3) is 0.296. The molecule has 1 saturated heterocycles. The van der Waals surface area contributed by atoms with Crippen molar-refractivity contribution in [2.75, 3.05) is 25.5 Å². The van der Waals surface area contributed by atoms with Gasteiger partial charge in [-0.3, -0.25) is 19.8 Å². The van der Waals surface area contributed by atoms with Crippen LogP contribution >= 0.6 is 23.2 Å². The first kappa shape index (κ1) is 25.3. The molecule has 192 valence electrons. The summed E-state index contributed by atoms with van der Waals surface area (Å²) in [5, 5.41) is 16.3. The van der Waals surface area contributed by atoms with Crippen LogP contribution in [0.1, 0.15) is 29.5 Å². The van der Waals surface area contributed by atoms with E-state index in [1.165, 1.54) is 0 Å². The first-order chi connectivity index (χ1) is 17.8. The second kappa shape index (κ2) is 9.85. The molecule has 1 fully saturated rings. The van der Waals surface area contributed by atoms with Gasteiger partial charge in [-0.05, 0) is 55.4 Å². The zero-order chi connectivity index (χ0) is 26.3. The van der Waals surface area contributed by atoms with E-state index in [0.717, 1.165) is 5.56 Å². The molecule has 5 rings (SSSR count). The van der Waals surface area contributed by atoms with Crippen LogP contribution in [0.3, 0.4) is 0 Å². The molecular formula is C27H25Cl2N3O5. The van der Waals surface area contributed by atoms with Crippen LogP contribution < -0.4 is 14.8 Å². The molecule has 1 amide bonds. The molecule has 0 aromatic heterocycles. The minimum atomic E-state index is -1.44. The minimum absolute atomic E-state index is 0.236. The van der Waals surface area contributed by atoms with Gasteiger partial charge in [-0.2, -0.15) is 0 Å². The number of benzene rings is 3. The lowest BCUT2D eigenvalue weighted by Gasteiger charge is -2.30. The van der Waals surface area contributed by atoms with Gasteiger partial charge in [0.25, 0.3) is 11.9 Å². The van der Waals surface area contributed by atoms with Gasteiger partial charge in [0.2, 0.25) is 0 Å². The maximum atomic E-state index is 13.4. The smallest absolute Gasteiger partial charge is 0.256 e. The van der Waals surface area contributed by atoms with Gasteiger partial charge in [0.05, 0.1) is 17.5 Å². The van der Waals surface area contributed by atoms with Crippen molar-refractivity contribution in [2.24, 2.45) is 0 Å². The Morgan fingerprint density at radius 2 is 1.86 bits per heavy atom. The average Bonchev–Trinajstić information content (AvgIpc) is 3.34. The highest BCUT2D eigenvalue weighted by Crippen LogP contribution is 2.53. The second-order valence-electron chi connectivity index (χ2n) is 9.16. The summed E-state index contributed by atoms with van der Waals surface area (Å²) in [5.74, 6) is -0.288. The van der Waals surface area contributed by atoms with E-state index < -0.39 is 23.4 Å². The van der Waals surface area contributed by atoms with Crippen LogP contribution in [-0.4, -0.2) is 42.0 Å². The number of para-hydroxylation sites is 1. The van der Waals surface area contributed by atoms with Crippen molar-refractivity contribution in [1.82, 2.24) is 4.90 Å². The van der Waals surface area contributed by atoms with Gasteiger partial charge in [0, 0.05) is 27.7 Å². The molecule has 3 atom stereocenters. The Balaban J connectivity index is 1.53. The van der Waals surface area contributed by atoms with Crippen LogP contribution in [0.25, 0.3) is 0 Å². The van der Waals surface area contributed by atoms with Crippen LogP contribution in [0.5, 0.6) is 11.5 Å². The highest BCUT2D eigenvalue weighted by atomic mass is 35.5. The summed E-state index contributed by atoms with van der Waals surface area (Å²) in [5.41, 5.74) is 1.25. The molecule has 37 heavy (non-hydrogen) atoms. The third kappa shape index (κ3) is 4.19. The van der Waals surface area contributed by atoms with Gasteiger partial charge in [0.15, 0.2) is 17.0 Å². The summed E-state index contributed by atoms with van der Waals surface area (Å²) in [6.07, 6.45) is 0. The summed E-state index contributed by atoms with van der Waals surface area (Å²) in [7, 11) is 1.74. The lowest BCUT2D eigenvalue weighted by molar-refractivity contribution is -0.534. The van der Waals surface area contributed by atoms with Crippen molar-refractivity contribution < 1.29 is 19.2 Å². The van der Waals surface area contributed by atoms with Crippen molar-refractivity contribution in [1.29, 1.82) is 0 Å². The first-order valence-electron chi connectivity index (χ1n) is 11.9. The number of nitrogens with zero attached hydrogens (tertiary/aromatic N) is 2. The molecule has 0 unspecified atom stereocenters. The van der Waals surface area contributed by atoms with E-state index in [-0.39, 0.29) is 23.1 Å². The fourth-order valence-corrected chi connectivity index (χ4v) is 5.92. The van der Waals surface area contributed by atoms with Crippen molar-refractivity contribution in [3.63, 3.8) is 0 Å². The van der Waals surface area contributed by atoms with E-state index in [2.05, 4.69) is 5.32 Å². The normalized spacial score (nSPS) is 22.6. The van der Waals surface area contributed by atoms with Crippen molar-refractivity contribution in [2.45, 2.75) is 31.0 Å². The number of nitro groups is 1. The fourth-order valence-electron chi connectivity index (χ4n) is 5.52. The Morgan fingerprint density at radius 1 is 1.14 bits per heavy atom. The number of ether oxygens (including phenoxy) is 2. The number of nitrogens with one attached hydrogen (secondary N) is 1. The molecule has 1 spiro atoms. The molecule has 0 bridgehead atoms. The average molecular weight is 542 g/mol. The van der Waals surface area contributed by atoms with Crippen molar-refractivity contribution >= 4 is 34.8 Å². The zero-order valence-corrected chi connectivity index (χ0v) is 21.8. The lowest BCUT2D eigenvalue weighted by atomic mass is 9.79. The van der Waals surface area contributed by atoms with E-state index in [0.29, 0.717) is 39.9 Å². The predicted octanol–water partition coefficient (Wildman–Crippen LogP) is 5.49. The van der Waals surface area contributed by atoms with Gasteiger partial charge >= 0.3 is 0 Å². The molecule has 2 aliphatic rings. The van der Waals surface area contributed by atoms with E-state index >= 15 is 0 Å². The molecule has 8 nitrogen and oxygen atoms in total. The van der Waals surface area contributed by atoms with E-state index in [1.807, 2.05) is 19.1 Å². The molecule has 2 aliphatic heterocycles. The molecule has 0 saturated carbocycles. The molecular weight excluding hydrogens is 517 g/mol. The Bertz CT molecular complexity index is 1370. The summed E-state index contributed by atoms with van der Waals surface area (Å²) < 4.78 is 11.9. The van der Waals surface area contributed by atoms with E-state index in [1.54, 1.807) is 60.5 Å². The minimum Gasteiger partial charge on any atom is -0.490 e. The highest BCUT2D eigenvalue weighted by molar-refractivity contribution is 6.32. The topological polar surface area (TPSA) is 93.9 Å². The number of anilines is 1. The van der Waals surface area contributed by atoms with Crippen molar-refractivity contribution in [3.8, 4) is 11.5 Å². The third-order valence-corrected chi connectivity index (χ3v) is 7.63. The largest absolute Gasteiger partial charge is 0.490 e. The summed E-state index contributed by atoms with van der Waals surface area (Å²) in [4.78, 5) is 27.4. The molecule has 3 aromatic rings. The molecule has 0 radical (unpaired) electrons. The van der Waals surface area contributed by atoms with Gasteiger partial charge in [0.1, 0.15) is 6.61 Å². The van der Waals surface area contributed by atoms with Gasteiger partial charge < -0.3 is 14.8 Å². The number of hydrogen-bond donors (Lipinski definition) is 1. The maximum Gasteiger partial charge on any atom is 0.256 e. The number of rotatable bonds is 7. The van der Waals surface area contributed by atoms with Gasteiger partial charge in [-0.25, -0.2) is 0 Å². The number of fused-ring (bicyclic) bond motifs is 2. The quantitative estimate of drug-likeness (QED) is 0.314. The summed E-state index contributed by atoms with van der Waals surface area (Å²) in [6.45, 7) is 2.70. The van der Waals surface area contributed by atoms with Crippen molar-refractivity contribution in [3.05, 3.63) is 97.5 Å². The molecule has 10 heteroatoms. The molecule has 0 aliphatic carbocycles. The molecule has 1 N–H and O–H groups in total. The van der Waals surface area contributed by atoms with Crippen LogP contribution in [0.2, 0.25) is 10.0 Å². The van der Waals surface area contributed by atoms with E-state index in [9.17, 15) is 14.9 Å². The SMILES string of the molecule is CCOc1cc([C@@H]2CN(C)[C@]3(C(=O)Nc4ccccc43)[C@H]2[N+](=O)[O-])cc(Cl)c1OCc1ccc(Cl)cc1. The monoisotopic (exact) mass is 541 g/mol. The number of likely N-dealkylation sites (tertiary alicyclic amines) is 1. The third-order valence-electron chi connectivity index (χ3n) is 7.10. The number of carbonyl (C=O) groups is 1. The highest BCUT2D eigenvalue weighted by Gasteiger charge is 2.68. The number of carbonyl (C=O) groups excluding carboxylic acids is 1. The van der Waals surface area contributed by atoms with Crippen LogP contribution in [0.15, 0.2) is 60.7 Å². The maximum absolute atomic E-state index is 13.4. The van der Waals surface area contributed by atoms with Gasteiger partial charge in [-0.1, -0.05) is 53.5 Å². The van der Waals surface area contributed by atoms with Crippen LogP contribution in [0.4, 0.5) is 5.69 Å². The Labute approximate surface area is 224 Å². The number of hydrogen-bond acceptors (Lipinski definition) is 6. The Hall–Kier alpha value is -3.33. The van der Waals surface area contributed by atoms with E-state index in [4.69, 9.17) is 32.7 Å². The van der Waals surface area contributed by atoms with Crippen LogP contribution in [0, 0.1) is 10.1 Å². The summed E-state index contributed by atoms with van der Waals surface area (Å²) in [6, 6.07) is 16.5. The predicted molar refractivity (Wildman–Crippen MR) is 141 cm³/mol. The summed E-state index contributed by atoms with van der Waals surface area (Å²) >= 11 is 12.6. The zero-order valence-electron chi connectivity index (χ0n) is 20.2. The lowest BCUT2D eigenvalue weighted by Crippen LogP contribution is -2.54. The Kier molecular flexibility index (Phi) is 6.74.